The lowest BCUT2D eigenvalue weighted by atomic mass is 10.1. The average molecular weight is 302 g/mol. The van der Waals surface area contributed by atoms with E-state index in [9.17, 15) is 14.0 Å². The van der Waals surface area contributed by atoms with Crippen LogP contribution in [0, 0.1) is 5.82 Å². The minimum Gasteiger partial charge on any atom is -0.496 e. The number of nitrogens with one attached hydrogen (secondary N) is 1. The smallest absolute Gasteiger partial charge is 0.250 e. The van der Waals surface area contributed by atoms with Gasteiger partial charge in [0.1, 0.15) is 11.6 Å². The topological polar surface area (TPSA) is 81.4 Å². The second-order valence-corrected chi connectivity index (χ2v) is 4.59. The van der Waals surface area contributed by atoms with Crippen molar-refractivity contribution in [2.75, 3.05) is 12.4 Å². The number of primary amides is 1. The largest absolute Gasteiger partial charge is 0.496 e. The van der Waals surface area contributed by atoms with Gasteiger partial charge in [0.05, 0.1) is 24.8 Å². The van der Waals surface area contributed by atoms with Gasteiger partial charge in [-0.2, -0.15) is 0 Å². The molecule has 0 heterocycles. The standard InChI is InChI=1S/C16H15FN2O3/c1-22-14-7-6-11(17)8-10(14)9-15(20)19-13-5-3-2-4-12(13)16(18)21/h2-8H,9H2,1H3,(H2,18,21)(H,19,20). The monoisotopic (exact) mass is 302 g/mol. The number of ether oxygens (including phenoxy) is 1. The van der Waals surface area contributed by atoms with Gasteiger partial charge in [-0.15, -0.1) is 0 Å². The molecule has 0 saturated carbocycles. The van der Waals surface area contributed by atoms with E-state index in [0.717, 1.165) is 0 Å². The van der Waals surface area contributed by atoms with E-state index >= 15 is 0 Å². The number of anilines is 1. The highest BCUT2D eigenvalue weighted by Crippen LogP contribution is 2.21. The van der Waals surface area contributed by atoms with E-state index in [1.165, 1.54) is 31.4 Å². The van der Waals surface area contributed by atoms with Crippen molar-refractivity contribution in [3.63, 3.8) is 0 Å². The van der Waals surface area contributed by atoms with Crippen molar-refractivity contribution in [2.45, 2.75) is 6.42 Å². The molecule has 0 atom stereocenters. The summed E-state index contributed by atoms with van der Waals surface area (Å²) in [7, 11) is 1.44. The van der Waals surface area contributed by atoms with Crippen molar-refractivity contribution < 1.29 is 18.7 Å². The van der Waals surface area contributed by atoms with Crippen molar-refractivity contribution in [3.8, 4) is 5.75 Å². The first-order chi connectivity index (χ1) is 10.5. The van der Waals surface area contributed by atoms with E-state index in [4.69, 9.17) is 10.5 Å². The molecule has 2 rings (SSSR count). The molecule has 0 aliphatic rings. The highest BCUT2D eigenvalue weighted by atomic mass is 19.1. The number of rotatable bonds is 5. The van der Waals surface area contributed by atoms with Crippen LogP contribution in [0.3, 0.4) is 0 Å². The Hall–Kier alpha value is -2.89. The number of para-hydroxylation sites is 1. The van der Waals surface area contributed by atoms with Crippen LogP contribution in [0.4, 0.5) is 10.1 Å². The highest BCUT2D eigenvalue weighted by molar-refractivity contribution is 6.03. The number of amides is 2. The molecule has 0 aliphatic heterocycles. The van der Waals surface area contributed by atoms with Crippen molar-refractivity contribution in [1.29, 1.82) is 0 Å². The van der Waals surface area contributed by atoms with E-state index in [1.807, 2.05) is 0 Å². The Balaban J connectivity index is 2.18. The zero-order chi connectivity index (χ0) is 16.1. The number of hydrogen-bond acceptors (Lipinski definition) is 3. The number of carbonyl (C=O) groups excluding carboxylic acids is 2. The normalized spacial score (nSPS) is 10.1. The predicted molar refractivity (Wildman–Crippen MR) is 80.2 cm³/mol. The zero-order valence-corrected chi connectivity index (χ0v) is 11.9. The Morgan fingerprint density at radius 3 is 2.64 bits per heavy atom. The molecular formula is C16H15FN2O3. The van der Waals surface area contributed by atoms with Gasteiger partial charge in [0.15, 0.2) is 0 Å². The summed E-state index contributed by atoms with van der Waals surface area (Å²) in [4.78, 5) is 23.4. The summed E-state index contributed by atoms with van der Waals surface area (Å²) in [6, 6.07) is 10.3. The van der Waals surface area contributed by atoms with Crippen molar-refractivity contribution in [1.82, 2.24) is 0 Å². The number of halogens is 1. The molecule has 2 aromatic rings. The quantitative estimate of drug-likeness (QED) is 0.887. The fourth-order valence-corrected chi connectivity index (χ4v) is 2.06. The summed E-state index contributed by atoms with van der Waals surface area (Å²) in [6.45, 7) is 0. The minimum atomic E-state index is -0.640. The highest BCUT2D eigenvalue weighted by Gasteiger charge is 2.13. The maximum atomic E-state index is 13.3. The van der Waals surface area contributed by atoms with Crippen molar-refractivity contribution >= 4 is 17.5 Å². The van der Waals surface area contributed by atoms with Crippen LogP contribution in [0.15, 0.2) is 42.5 Å². The lowest BCUT2D eigenvalue weighted by molar-refractivity contribution is -0.115. The first kappa shape index (κ1) is 15.5. The molecule has 2 amide bonds. The Bertz CT molecular complexity index is 716. The van der Waals surface area contributed by atoms with Gasteiger partial charge < -0.3 is 15.8 Å². The van der Waals surface area contributed by atoms with Gasteiger partial charge in [-0.05, 0) is 30.3 Å². The number of benzene rings is 2. The predicted octanol–water partition coefficient (Wildman–Crippen LogP) is 2.11. The van der Waals surface area contributed by atoms with Gasteiger partial charge >= 0.3 is 0 Å². The van der Waals surface area contributed by atoms with Gasteiger partial charge in [-0.1, -0.05) is 12.1 Å². The summed E-state index contributed by atoms with van der Waals surface area (Å²) >= 11 is 0. The van der Waals surface area contributed by atoms with Gasteiger partial charge in [0.2, 0.25) is 5.91 Å². The zero-order valence-electron chi connectivity index (χ0n) is 11.9. The maximum Gasteiger partial charge on any atom is 0.250 e. The lowest BCUT2D eigenvalue weighted by Crippen LogP contribution is -2.19. The summed E-state index contributed by atoms with van der Waals surface area (Å²) < 4.78 is 18.4. The summed E-state index contributed by atoms with van der Waals surface area (Å²) in [5, 5.41) is 2.59. The van der Waals surface area contributed by atoms with Crippen LogP contribution in [0.2, 0.25) is 0 Å². The number of nitrogens with two attached hydrogens (primary N) is 1. The van der Waals surface area contributed by atoms with Gasteiger partial charge in [-0.25, -0.2) is 4.39 Å². The van der Waals surface area contributed by atoms with Gasteiger partial charge in [0.25, 0.3) is 5.91 Å². The molecule has 6 heteroatoms. The van der Waals surface area contributed by atoms with Crippen LogP contribution in [-0.2, 0) is 11.2 Å². The molecule has 0 saturated heterocycles. The summed E-state index contributed by atoms with van der Waals surface area (Å²) in [6.07, 6.45) is -0.0893. The van der Waals surface area contributed by atoms with Crippen LogP contribution >= 0.6 is 0 Å². The molecule has 0 spiro atoms. The third-order valence-corrected chi connectivity index (χ3v) is 3.06. The molecule has 0 radical (unpaired) electrons. The average Bonchev–Trinajstić information content (AvgIpc) is 2.47. The fourth-order valence-electron chi connectivity index (χ4n) is 2.06. The molecule has 114 valence electrons. The SMILES string of the molecule is COc1ccc(F)cc1CC(=O)Nc1ccccc1C(N)=O. The summed E-state index contributed by atoms with van der Waals surface area (Å²) in [5.41, 5.74) is 6.19. The maximum absolute atomic E-state index is 13.3. The molecule has 0 aliphatic carbocycles. The Labute approximate surface area is 126 Å². The van der Waals surface area contributed by atoms with Crippen LogP contribution in [0.1, 0.15) is 15.9 Å². The first-order valence-electron chi connectivity index (χ1n) is 6.52. The lowest BCUT2D eigenvalue weighted by Gasteiger charge is -2.11. The number of carbonyl (C=O) groups is 2. The van der Waals surface area contributed by atoms with Crippen LogP contribution < -0.4 is 15.8 Å². The van der Waals surface area contributed by atoms with Crippen LogP contribution in [-0.4, -0.2) is 18.9 Å². The molecule has 22 heavy (non-hydrogen) atoms. The molecule has 0 fully saturated rings. The van der Waals surface area contributed by atoms with Crippen LogP contribution in [0.25, 0.3) is 0 Å². The second kappa shape index (κ2) is 6.71. The van der Waals surface area contributed by atoms with E-state index in [-0.39, 0.29) is 12.0 Å². The molecule has 3 N–H and O–H groups in total. The molecule has 0 aromatic heterocycles. The number of methoxy groups -OCH3 is 1. The Morgan fingerprint density at radius 2 is 1.95 bits per heavy atom. The molecular weight excluding hydrogens is 287 g/mol. The third kappa shape index (κ3) is 3.60. The Kier molecular flexibility index (Phi) is 4.73. The third-order valence-electron chi connectivity index (χ3n) is 3.06. The number of hydrogen-bond donors (Lipinski definition) is 2. The fraction of sp³-hybridized carbons (Fsp3) is 0.125. The molecule has 0 bridgehead atoms. The van der Waals surface area contributed by atoms with Gasteiger partial charge in [0, 0.05) is 5.56 Å². The van der Waals surface area contributed by atoms with E-state index in [2.05, 4.69) is 5.32 Å². The van der Waals surface area contributed by atoms with Crippen molar-refractivity contribution in [3.05, 3.63) is 59.4 Å². The first-order valence-corrected chi connectivity index (χ1v) is 6.52. The minimum absolute atomic E-state index is 0.0893. The molecule has 5 nitrogen and oxygen atoms in total. The van der Waals surface area contributed by atoms with Gasteiger partial charge in [-0.3, -0.25) is 9.59 Å². The van der Waals surface area contributed by atoms with E-state index in [1.54, 1.807) is 18.2 Å². The van der Waals surface area contributed by atoms with Crippen molar-refractivity contribution in [2.24, 2.45) is 5.73 Å². The second-order valence-electron chi connectivity index (χ2n) is 4.59. The molecule has 2 aromatic carbocycles. The Morgan fingerprint density at radius 1 is 1.23 bits per heavy atom. The molecule has 0 unspecified atom stereocenters. The van der Waals surface area contributed by atoms with Crippen LogP contribution in [0.5, 0.6) is 5.75 Å². The van der Waals surface area contributed by atoms with E-state index < -0.39 is 17.6 Å². The summed E-state index contributed by atoms with van der Waals surface area (Å²) in [5.74, 6) is -1.09. The van der Waals surface area contributed by atoms with E-state index in [0.29, 0.717) is 17.0 Å².